The normalized spacial score (nSPS) is 12.8. The van der Waals surface area contributed by atoms with Crippen LogP contribution in [0.2, 0.25) is 5.04 Å². The molecule has 292 valence electrons. The minimum Gasteiger partial charge on any atom is -0.508 e. The van der Waals surface area contributed by atoms with E-state index in [1.54, 1.807) is 13.0 Å². The Morgan fingerprint density at radius 1 is 0.964 bits per heavy atom. The Hall–Kier alpha value is -5.44. The van der Waals surface area contributed by atoms with E-state index in [0.29, 0.717) is 33.1 Å². The topological polar surface area (TPSA) is 119 Å². The molecule has 0 saturated heterocycles. The van der Waals surface area contributed by atoms with Gasteiger partial charge < -0.3 is 13.9 Å². The van der Waals surface area contributed by atoms with Crippen molar-refractivity contribution in [3.63, 3.8) is 0 Å². The van der Waals surface area contributed by atoms with E-state index in [4.69, 9.17) is 13.9 Å². The summed E-state index contributed by atoms with van der Waals surface area (Å²) in [6, 6.07) is 23.4. The van der Waals surface area contributed by atoms with Gasteiger partial charge in [-0.05, 0) is 60.8 Å². The molecular formula is C42H46FN5O6SSi. The lowest BCUT2D eigenvalue weighted by Crippen LogP contribution is -2.69. The van der Waals surface area contributed by atoms with Crippen molar-refractivity contribution in [3.05, 3.63) is 142 Å². The maximum Gasteiger partial charge on any atom is 0.333 e. The van der Waals surface area contributed by atoms with E-state index in [2.05, 4.69) is 16.8 Å². The Balaban J connectivity index is 1.59. The molecular weight excluding hydrogens is 750 g/mol. The van der Waals surface area contributed by atoms with Gasteiger partial charge in [0.15, 0.2) is 0 Å². The van der Waals surface area contributed by atoms with E-state index in [-0.39, 0.29) is 18.5 Å². The van der Waals surface area contributed by atoms with Crippen LogP contribution in [0.25, 0.3) is 15.2 Å². The molecule has 14 heteroatoms. The summed E-state index contributed by atoms with van der Waals surface area (Å²) in [6.45, 7) is 14.7. The second-order valence-corrected chi connectivity index (χ2v) is 20.2. The number of carbonyl (C=O) groups is 1. The first-order chi connectivity index (χ1) is 26.7. The van der Waals surface area contributed by atoms with Crippen molar-refractivity contribution < 1.29 is 23.1 Å². The molecule has 6 aromatic rings. The van der Waals surface area contributed by atoms with Crippen LogP contribution in [0.15, 0.2) is 114 Å². The predicted molar refractivity (Wildman–Crippen MR) is 219 cm³/mol. The number of aryl methyl sites for hydroxylation is 1. The summed E-state index contributed by atoms with van der Waals surface area (Å²) in [5, 5.41) is 10.4. The summed E-state index contributed by atoms with van der Waals surface area (Å²) in [5.41, 5.74) is -2.41. The number of hydrogen-bond donors (Lipinski definition) is 0. The van der Waals surface area contributed by atoms with Crippen LogP contribution in [0.4, 0.5) is 4.39 Å². The molecule has 3 aromatic heterocycles. The average Bonchev–Trinajstić information content (AvgIpc) is 3.83. The summed E-state index contributed by atoms with van der Waals surface area (Å²) in [6.07, 6.45) is 4.27. The maximum absolute atomic E-state index is 15.1. The fourth-order valence-electron chi connectivity index (χ4n) is 7.16. The number of halogens is 1. The van der Waals surface area contributed by atoms with E-state index >= 15 is 9.59 Å². The molecule has 0 fully saturated rings. The van der Waals surface area contributed by atoms with E-state index in [1.807, 2.05) is 81.4 Å². The van der Waals surface area contributed by atoms with E-state index in [0.717, 1.165) is 26.3 Å². The van der Waals surface area contributed by atoms with Gasteiger partial charge in [-0.2, -0.15) is 10.2 Å². The molecule has 0 N–H and O–H groups in total. The van der Waals surface area contributed by atoms with Gasteiger partial charge >= 0.3 is 20.0 Å². The molecule has 11 nitrogen and oxygen atoms in total. The van der Waals surface area contributed by atoms with Crippen LogP contribution in [0, 0.1) is 12.7 Å². The highest BCUT2D eigenvalue weighted by Crippen LogP contribution is 2.39. The Kier molecular flexibility index (Phi) is 11.5. The van der Waals surface area contributed by atoms with Crippen molar-refractivity contribution in [2.45, 2.75) is 71.2 Å². The SMILES string of the molecule is C=CCCO[C@@H](Cn1c(=O)n(C(C)(C)C(=O)O[Si](c2ccccc2)(c2ccccc2)C(C)(C)C)c(=O)c2c(C)c(-n3nccn3)sc21)c1cc(F)ccc1OC. The number of hydrogen-bond acceptors (Lipinski definition) is 9. The first-order valence-electron chi connectivity index (χ1n) is 18.2. The molecule has 0 spiro atoms. The number of aromatic nitrogens is 5. The van der Waals surface area contributed by atoms with Crippen LogP contribution < -0.4 is 26.4 Å². The zero-order chi connectivity index (χ0) is 40.4. The van der Waals surface area contributed by atoms with Crippen LogP contribution in [-0.4, -0.2) is 52.1 Å². The molecule has 0 bridgehead atoms. The molecule has 3 aromatic carbocycles. The zero-order valence-electron chi connectivity index (χ0n) is 32.6. The summed E-state index contributed by atoms with van der Waals surface area (Å²) in [4.78, 5) is 46.7. The molecule has 0 aliphatic rings. The van der Waals surface area contributed by atoms with Crippen LogP contribution in [0.5, 0.6) is 5.75 Å². The molecule has 0 unspecified atom stereocenters. The summed E-state index contributed by atoms with van der Waals surface area (Å²) >= 11 is 1.15. The number of methoxy groups -OCH3 is 1. The summed E-state index contributed by atoms with van der Waals surface area (Å²) in [5.74, 6) is -0.915. The van der Waals surface area contributed by atoms with Crippen molar-refractivity contribution in [2.24, 2.45) is 0 Å². The third kappa shape index (κ3) is 7.19. The number of ether oxygens (including phenoxy) is 2. The van der Waals surface area contributed by atoms with Gasteiger partial charge in [-0.25, -0.2) is 13.8 Å². The number of fused-ring (bicyclic) bond motifs is 1. The lowest BCUT2D eigenvalue weighted by molar-refractivity contribution is -0.144. The molecule has 0 aliphatic carbocycles. The quantitative estimate of drug-likeness (QED) is 0.0703. The van der Waals surface area contributed by atoms with Gasteiger partial charge in [-0.1, -0.05) is 98.8 Å². The Bertz CT molecular complexity index is 2430. The molecule has 3 heterocycles. The molecule has 1 atom stereocenters. The third-order valence-corrected chi connectivity index (χ3v) is 16.2. The highest BCUT2D eigenvalue weighted by atomic mass is 32.1. The summed E-state index contributed by atoms with van der Waals surface area (Å²) in [7, 11) is -2.01. The third-order valence-electron chi connectivity index (χ3n) is 10.0. The van der Waals surface area contributed by atoms with Crippen LogP contribution in [-0.2, 0) is 26.0 Å². The van der Waals surface area contributed by atoms with E-state index in [9.17, 15) is 9.18 Å². The Morgan fingerprint density at radius 2 is 1.57 bits per heavy atom. The minimum absolute atomic E-state index is 0.168. The van der Waals surface area contributed by atoms with Gasteiger partial charge in [-0.3, -0.25) is 14.2 Å². The van der Waals surface area contributed by atoms with Crippen molar-refractivity contribution in [1.82, 2.24) is 24.1 Å². The Morgan fingerprint density at radius 3 is 2.12 bits per heavy atom. The summed E-state index contributed by atoms with van der Waals surface area (Å²) < 4.78 is 36.0. The van der Waals surface area contributed by atoms with Crippen molar-refractivity contribution in [1.29, 1.82) is 0 Å². The number of rotatable bonds is 14. The van der Waals surface area contributed by atoms with Gasteiger partial charge in [0.1, 0.15) is 33.0 Å². The van der Waals surface area contributed by atoms with Gasteiger partial charge in [0.05, 0.1) is 38.0 Å². The molecule has 0 radical (unpaired) electrons. The molecule has 0 saturated carbocycles. The van der Waals surface area contributed by atoms with Crippen LogP contribution in [0.3, 0.4) is 0 Å². The molecule has 0 amide bonds. The van der Waals surface area contributed by atoms with E-state index < -0.39 is 48.0 Å². The second kappa shape index (κ2) is 16.0. The van der Waals surface area contributed by atoms with Gasteiger partial charge in [0.2, 0.25) is 0 Å². The molecule has 0 aliphatic heterocycles. The smallest absolute Gasteiger partial charge is 0.333 e. The van der Waals surface area contributed by atoms with Gasteiger partial charge in [-0.15, -0.1) is 11.4 Å². The number of benzene rings is 3. The highest BCUT2D eigenvalue weighted by Gasteiger charge is 2.55. The van der Waals surface area contributed by atoms with E-state index in [1.165, 1.54) is 60.9 Å². The largest absolute Gasteiger partial charge is 0.508 e. The standard InChI is InChI=1S/C42H46FN5O6SSi/c1-9-10-25-53-34(32-26-29(43)21-22-33(32)52-8)27-46-38-35(28(2)37(55-38)48-44-23-24-45-48)36(49)47(40(46)51)42(6,7)39(50)54-56(41(3,4)5,30-17-13-11-14-18-30)31-19-15-12-16-20-31/h9,11-24,26,34H,1,10,25,27H2,2-8H3/t34-/m0/s1. The average molecular weight is 796 g/mol. The lowest BCUT2D eigenvalue weighted by atomic mass is 10.1. The highest BCUT2D eigenvalue weighted by molar-refractivity contribution is 7.21. The maximum atomic E-state index is 15.1. The van der Waals surface area contributed by atoms with Crippen molar-refractivity contribution in [2.75, 3.05) is 13.7 Å². The first kappa shape index (κ1) is 40.2. The number of thiophene rings is 1. The number of carbonyl (C=O) groups excluding carboxylic acids is 1. The second-order valence-electron chi connectivity index (χ2n) is 15.0. The fourth-order valence-corrected chi connectivity index (χ4v) is 12.8. The van der Waals surface area contributed by atoms with Crippen molar-refractivity contribution in [3.8, 4) is 10.8 Å². The molecule has 6 rings (SSSR count). The number of nitrogens with zero attached hydrogens (tertiary/aromatic N) is 5. The predicted octanol–water partition coefficient (Wildman–Crippen LogP) is 6.43. The molecule has 56 heavy (non-hydrogen) atoms. The van der Waals surface area contributed by atoms with Crippen molar-refractivity contribution >= 4 is 46.2 Å². The first-order valence-corrected chi connectivity index (χ1v) is 21.0. The lowest BCUT2D eigenvalue weighted by Gasteiger charge is -2.43. The van der Waals surface area contributed by atoms with Gasteiger partial charge in [0.25, 0.3) is 5.56 Å². The monoisotopic (exact) mass is 795 g/mol. The van der Waals surface area contributed by atoms with Crippen LogP contribution >= 0.6 is 11.3 Å². The van der Waals surface area contributed by atoms with Gasteiger partial charge in [0, 0.05) is 11.1 Å². The van der Waals surface area contributed by atoms with Crippen LogP contribution in [0.1, 0.15) is 58.3 Å². The fraction of sp³-hybridized carbons (Fsp3) is 0.310. The Labute approximate surface area is 329 Å². The zero-order valence-corrected chi connectivity index (χ0v) is 34.4. The minimum atomic E-state index is -3.47.